The van der Waals surface area contributed by atoms with E-state index in [0.717, 1.165) is 6.42 Å². The summed E-state index contributed by atoms with van der Waals surface area (Å²) in [6.45, 7) is 4.23. The van der Waals surface area contributed by atoms with Crippen LogP contribution in [-0.4, -0.2) is 24.6 Å². The van der Waals surface area contributed by atoms with Gasteiger partial charge in [-0.2, -0.15) is 0 Å². The maximum absolute atomic E-state index is 11.7. The van der Waals surface area contributed by atoms with E-state index in [1.54, 1.807) is 0 Å². The molecule has 0 aromatic carbocycles. The molecule has 2 saturated heterocycles. The number of cyclic esters (lactones) is 2. The molecule has 0 saturated carbocycles. The lowest BCUT2D eigenvalue weighted by atomic mass is 9.71. The first-order valence-corrected chi connectivity index (χ1v) is 5.39. The number of carbonyl (C=O) groups excluding carboxylic acids is 2. The largest absolute Gasteiger partial charge is 0.466 e. The van der Waals surface area contributed by atoms with Crippen molar-refractivity contribution in [3.63, 3.8) is 0 Å². The van der Waals surface area contributed by atoms with Crippen molar-refractivity contribution >= 4 is 11.9 Å². The van der Waals surface area contributed by atoms with Crippen LogP contribution in [0.25, 0.3) is 0 Å². The Morgan fingerprint density at radius 3 is 2.67 bits per heavy atom. The molecule has 3 atom stereocenters. The third kappa shape index (κ3) is 1.73. The lowest BCUT2D eigenvalue weighted by molar-refractivity contribution is -0.157. The Kier molecular flexibility index (Phi) is 2.44. The first-order valence-electron chi connectivity index (χ1n) is 5.39. The molecule has 2 rings (SSSR count). The Balaban J connectivity index is 2.14. The zero-order valence-electron chi connectivity index (χ0n) is 9.12. The minimum absolute atomic E-state index is 0.0274. The van der Waals surface area contributed by atoms with Crippen LogP contribution in [-0.2, 0) is 19.1 Å². The van der Waals surface area contributed by atoms with Crippen molar-refractivity contribution in [1.82, 2.24) is 0 Å². The predicted octanol–water partition coefficient (Wildman–Crippen LogP) is 1.28. The summed E-state index contributed by atoms with van der Waals surface area (Å²) in [4.78, 5) is 22.9. The topological polar surface area (TPSA) is 52.6 Å². The highest BCUT2D eigenvalue weighted by Crippen LogP contribution is 2.44. The van der Waals surface area contributed by atoms with Crippen molar-refractivity contribution in [2.24, 2.45) is 11.3 Å². The fourth-order valence-electron chi connectivity index (χ4n) is 2.59. The van der Waals surface area contributed by atoms with Gasteiger partial charge in [-0.1, -0.05) is 0 Å². The van der Waals surface area contributed by atoms with Crippen molar-refractivity contribution in [2.45, 2.75) is 39.2 Å². The van der Waals surface area contributed by atoms with Crippen molar-refractivity contribution in [2.75, 3.05) is 6.61 Å². The minimum atomic E-state index is -0.487. The number of ether oxygens (including phenoxy) is 2. The van der Waals surface area contributed by atoms with Crippen LogP contribution in [0.4, 0.5) is 0 Å². The second-order valence-corrected chi connectivity index (χ2v) is 4.75. The molecule has 0 aromatic rings. The van der Waals surface area contributed by atoms with Crippen molar-refractivity contribution in [3.05, 3.63) is 0 Å². The van der Waals surface area contributed by atoms with Crippen LogP contribution in [0.2, 0.25) is 0 Å². The third-order valence-electron chi connectivity index (χ3n) is 3.53. The van der Waals surface area contributed by atoms with Gasteiger partial charge in [-0.15, -0.1) is 0 Å². The molecular formula is C11H16O4. The Morgan fingerprint density at radius 2 is 2.13 bits per heavy atom. The SMILES string of the molecule is C[C@H]1C[C@@](C)([C@H]2CCOC(=O)C2)C(=O)O1. The molecule has 0 bridgehead atoms. The van der Waals surface area contributed by atoms with E-state index in [1.165, 1.54) is 0 Å². The van der Waals surface area contributed by atoms with Crippen LogP contribution in [0.3, 0.4) is 0 Å². The van der Waals surface area contributed by atoms with Gasteiger partial charge in [0, 0.05) is 12.8 Å². The van der Waals surface area contributed by atoms with Crippen molar-refractivity contribution in [3.8, 4) is 0 Å². The van der Waals surface area contributed by atoms with Crippen molar-refractivity contribution < 1.29 is 19.1 Å². The maximum atomic E-state index is 11.7. The van der Waals surface area contributed by atoms with Crippen molar-refractivity contribution in [1.29, 1.82) is 0 Å². The quantitative estimate of drug-likeness (QED) is 0.614. The monoisotopic (exact) mass is 212 g/mol. The third-order valence-corrected chi connectivity index (χ3v) is 3.53. The zero-order chi connectivity index (χ0) is 11.1. The molecule has 0 N–H and O–H groups in total. The van der Waals surface area contributed by atoms with Gasteiger partial charge < -0.3 is 9.47 Å². The fourth-order valence-corrected chi connectivity index (χ4v) is 2.59. The summed E-state index contributed by atoms with van der Waals surface area (Å²) in [5, 5.41) is 0. The average molecular weight is 212 g/mol. The van der Waals surface area contributed by atoms with Gasteiger partial charge in [-0.25, -0.2) is 0 Å². The molecule has 4 nitrogen and oxygen atoms in total. The van der Waals surface area contributed by atoms with Gasteiger partial charge in [0.15, 0.2) is 0 Å². The number of rotatable bonds is 1. The van der Waals surface area contributed by atoms with E-state index in [0.29, 0.717) is 19.4 Å². The first kappa shape index (κ1) is 10.5. The highest BCUT2D eigenvalue weighted by atomic mass is 16.6. The van der Waals surface area contributed by atoms with E-state index in [9.17, 15) is 9.59 Å². The van der Waals surface area contributed by atoms with Gasteiger partial charge in [-0.3, -0.25) is 9.59 Å². The summed E-state index contributed by atoms with van der Waals surface area (Å²) in [5.41, 5.74) is -0.487. The molecule has 0 aliphatic carbocycles. The van der Waals surface area contributed by atoms with Crippen LogP contribution < -0.4 is 0 Å². The van der Waals surface area contributed by atoms with Crippen LogP contribution in [0.1, 0.15) is 33.1 Å². The highest BCUT2D eigenvalue weighted by Gasteiger charge is 2.50. The van der Waals surface area contributed by atoms with E-state index in [1.807, 2.05) is 13.8 Å². The van der Waals surface area contributed by atoms with E-state index in [-0.39, 0.29) is 24.0 Å². The van der Waals surface area contributed by atoms with Gasteiger partial charge in [0.25, 0.3) is 0 Å². The Hall–Kier alpha value is -1.06. The summed E-state index contributed by atoms with van der Waals surface area (Å²) in [5.74, 6) is -0.272. The number of hydrogen-bond donors (Lipinski definition) is 0. The Morgan fingerprint density at radius 1 is 1.40 bits per heavy atom. The molecule has 15 heavy (non-hydrogen) atoms. The zero-order valence-corrected chi connectivity index (χ0v) is 9.12. The van der Waals surface area contributed by atoms with Gasteiger partial charge in [-0.05, 0) is 26.2 Å². The summed E-state index contributed by atoms with van der Waals surface area (Å²) < 4.78 is 10.1. The average Bonchev–Trinajstić information content (AvgIpc) is 2.42. The molecule has 2 aliphatic heterocycles. The van der Waals surface area contributed by atoms with Gasteiger partial charge in [0.2, 0.25) is 0 Å². The van der Waals surface area contributed by atoms with E-state index >= 15 is 0 Å². The molecule has 84 valence electrons. The summed E-state index contributed by atoms with van der Waals surface area (Å²) in [6, 6.07) is 0. The number of carbonyl (C=O) groups is 2. The molecule has 0 amide bonds. The summed E-state index contributed by atoms with van der Waals surface area (Å²) >= 11 is 0. The molecular weight excluding hydrogens is 196 g/mol. The van der Waals surface area contributed by atoms with Gasteiger partial charge in [0.05, 0.1) is 12.0 Å². The molecule has 2 heterocycles. The molecule has 0 spiro atoms. The first-order chi connectivity index (χ1) is 7.02. The van der Waals surface area contributed by atoms with E-state index in [4.69, 9.17) is 9.47 Å². The molecule has 0 aromatic heterocycles. The molecule has 2 aliphatic rings. The number of hydrogen-bond acceptors (Lipinski definition) is 4. The normalized spacial score (nSPS) is 41.2. The van der Waals surface area contributed by atoms with Gasteiger partial charge >= 0.3 is 11.9 Å². The molecule has 0 radical (unpaired) electrons. The lowest BCUT2D eigenvalue weighted by Crippen LogP contribution is -2.37. The second-order valence-electron chi connectivity index (χ2n) is 4.75. The van der Waals surface area contributed by atoms with Gasteiger partial charge in [0.1, 0.15) is 6.10 Å². The van der Waals surface area contributed by atoms with E-state index in [2.05, 4.69) is 0 Å². The lowest BCUT2D eigenvalue weighted by Gasteiger charge is -2.32. The molecule has 2 fully saturated rings. The van der Waals surface area contributed by atoms with Crippen LogP contribution >= 0.6 is 0 Å². The Labute approximate surface area is 88.9 Å². The van der Waals surface area contributed by atoms with E-state index < -0.39 is 5.41 Å². The standard InChI is InChI=1S/C11H16O4/c1-7-6-11(2,10(13)15-7)8-3-4-14-9(12)5-8/h7-8H,3-6H2,1-2H3/t7-,8-,11-/m0/s1. The Bertz CT molecular complexity index is 299. The van der Waals surface area contributed by atoms with Crippen LogP contribution in [0.15, 0.2) is 0 Å². The highest BCUT2D eigenvalue weighted by molar-refractivity contribution is 5.80. The fraction of sp³-hybridized carbons (Fsp3) is 0.818. The second kappa shape index (κ2) is 3.51. The molecule has 0 unspecified atom stereocenters. The molecule has 4 heteroatoms. The van der Waals surface area contributed by atoms with Crippen LogP contribution in [0, 0.1) is 11.3 Å². The van der Waals surface area contributed by atoms with Crippen LogP contribution in [0.5, 0.6) is 0 Å². The summed E-state index contributed by atoms with van der Waals surface area (Å²) in [7, 11) is 0. The minimum Gasteiger partial charge on any atom is -0.466 e. The number of esters is 2. The summed E-state index contributed by atoms with van der Waals surface area (Å²) in [6.07, 6.45) is 1.80. The maximum Gasteiger partial charge on any atom is 0.312 e. The predicted molar refractivity (Wildman–Crippen MR) is 52.0 cm³/mol. The smallest absolute Gasteiger partial charge is 0.312 e.